The highest BCUT2D eigenvalue weighted by atomic mass is 19.1. The lowest BCUT2D eigenvalue weighted by molar-refractivity contribution is -0.124. The van der Waals surface area contributed by atoms with Crippen molar-refractivity contribution in [3.8, 4) is 0 Å². The molecule has 6 nitrogen and oxygen atoms in total. The van der Waals surface area contributed by atoms with Crippen LogP contribution in [0.5, 0.6) is 0 Å². The molecule has 1 aromatic heterocycles. The maximum atomic E-state index is 13.5. The van der Waals surface area contributed by atoms with Crippen molar-refractivity contribution >= 4 is 5.91 Å². The summed E-state index contributed by atoms with van der Waals surface area (Å²) in [5, 5.41) is 7.39. The quantitative estimate of drug-likeness (QED) is 0.856. The van der Waals surface area contributed by atoms with Gasteiger partial charge in [0.1, 0.15) is 12.4 Å². The van der Waals surface area contributed by atoms with Gasteiger partial charge in [-0.15, -0.1) is 0 Å². The summed E-state index contributed by atoms with van der Waals surface area (Å²) in [6, 6.07) is 7.34. The Morgan fingerprint density at radius 3 is 2.96 bits per heavy atom. The van der Waals surface area contributed by atoms with E-state index >= 15 is 0 Å². The molecule has 7 heteroatoms. The number of nitrogens with one attached hydrogen (secondary N) is 1. The summed E-state index contributed by atoms with van der Waals surface area (Å²) >= 11 is 0. The molecule has 0 bridgehead atoms. The van der Waals surface area contributed by atoms with E-state index in [1.807, 2.05) is 22.9 Å². The van der Waals surface area contributed by atoms with Crippen molar-refractivity contribution in [3.63, 3.8) is 0 Å². The molecule has 1 N–H and O–H groups in total. The van der Waals surface area contributed by atoms with E-state index in [9.17, 15) is 9.18 Å². The van der Waals surface area contributed by atoms with E-state index in [4.69, 9.17) is 4.74 Å². The molecular weight excluding hydrogens is 335 g/mol. The molecule has 0 spiro atoms. The highest BCUT2D eigenvalue weighted by Gasteiger charge is 2.17. The Balaban J connectivity index is 1.63. The molecule has 2 heterocycles. The Bertz CT molecular complexity index is 775. The topological polar surface area (TPSA) is 59.4 Å². The normalized spacial score (nSPS) is 14.7. The number of aryl methyl sites for hydroxylation is 2. The SMILES string of the molecule is COCC(=O)NCc1cc2n(n1)CCCN(Cc1ccc(F)c(C)c1)C2. The van der Waals surface area contributed by atoms with Crippen molar-refractivity contribution < 1.29 is 13.9 Å². The molecule has 0 fully saturated rings. The van der Waals surface area contributed by atoms with Gasteiger partial charge in [0.2, 0.25) is 5.91 Å². The van der Waals surface area contributed by atoms with Gasteiger partial charge in [-0.3, -0.25) is 14.4 Å². The van der Waals surface area contributed by atoms with Crippen LogP contribution in [0.2, 0.25) is 0 Å². The number of amides is 1. The lowest BCUT2D eigenvalue weighted by Crippen LogP contribution is -2.26. The van der Waals surface area contributed by atoms with Gasteiger partial charge >= 0.3 is 0 Å². The Kier molecular flexibility index (Phi) is 6.00. The number of aromatic nitrogens is 2. The average molecular weight is 360 g/mol. The van der Waals surface area contributed by atoms with E-state index in [1.165, 1.54) is 13.2 Å². The molecule has 0 aliphatic carbocycles. The van der Waals surface area contributed by atoms with Crippen molar-refractivity contribution in [2.75, 3.05) is 20.3 Å². The summed E-state index contributed by atoms with van der Waals surface area (Å²) < 4.78 is 20.3. The standard InChI is InChI=1S/C19H25FN4O2/c1-14-8-15(4-5-18(14)20)11-23-6-3-7-24-17(12-23)9-16(22-24)10-21-19(25)13-26-2/h4-5,8-9H,3,6-7,10-13H2,1-2H3,(H,21,25). The van der Waals surface area contributed by atoms with Crippen LogP contribution in [0.4, 0.5) is 4.39 Å². The Morgan fingerprint density at radius 2 is 2.19 bits per heavy atom. The number of ether oxygens (including phenoxy) is 1. The van der Waals surface area contributed by atoms with Crippen LogP contribution in [0.25, 0.3) is 0 Å². The van der Waals surface area contributed by atoms with Gasteiger partial charge in [0.15, 0.2) is 0 Å². The van der Waals surface area contributed by atoms with Gasteiger partial charge in [-0.2, -0.15) is 5.10 Å². The maximum Gasteiger partial charge on any atom is 0.246 e. The van der Waals surface area contributed by atoms with Crippen LogP contribution in [0, 0.1) is 12.7 Å². The number of nitrogens with zero attached hydrogens (tertiary/aromatic N) is 3. The third-order valence-electron chi connectivity index (χ3n) is 4.51. The number of halogens is 1. The maximum absolute atomic E-state index is 13.5. The molecule has 140 valence electrons. The molecule has 1 aliphatic rings. The second-order valence-corrected chi connectivity index (χ2v) is 6.71. The van der Waals surface area contributed by atoms with Gasteiger partial charge in [-0.25, -0.2) is 4.39 Å². The Labute approximate surface area is 152 Å². The van der Waals surface area contributed by atoms with Gasteiger partial charge in [0, 0.05) is 33.3 Å². The van der Waals surface area contributed by atoms with E-state index in [0.29, 0.717) is 12.1 Å². The summed E-state index contributed by atoms with van der Waals surface area (Å²) in [6.07, 6.45) is 1.00. The second-order valence-electron chi connectivity index (χ2n) is 6.71. The molecule has 2 aromatic rings. The molecule has 1 amide bonds. The number of carbonyl (C=O) groups is 1. The molecule has 26 heavy (non-hydrogen) atoms. The summed E-state index contributed by atoms with van der Waals surface area (Å²) in [7, 11) is 1.50. The fourth-order valence-electron chi connectivity index (χ4n) is 3.24. The van der Waals surface area contributed by atoms with Crippen molar-refractivity contribution in [3.05, 3.63) is 52.6 Å². The Hall–Kier alpha value is -2.25. The van der Waals surface area contributed by atoms with Crippen molar-refractivity contribution in [1.82, 2.24) is 20.0 Å². The number of methoxy groups -OCH3 is 1. The predicted octanol–water partition coefficient (Wildman–Crippen LogP) is 2.00. The van der Waals surface area contributed by atoms with Gasteiger partial charge in [-0.05, 0) is 36.6 Å². The van der Waals surface area contributed by atoms with Crippen LogP contribution in [0.3, 0.4) is 0 Å². The summed E-state index contributed by atoms with van der Waals surface area (Å²) in [6.45, 7) is 5.65. The lowest BCUT2D eigenvalue weighted by atomic mass is 10.1. The van der Waals surface area contributed by atoms with Crippen molar-refractivity contribution in [1.29, 1.82) is 0 Å². The van der Waals surface area contributed by atoms with E-state index in [-0.39, 0.29) is 18.3 Å². The van der Waals surface area contributed by atoms with Gasteiger partial charge < -0.3 is 10.1 Å². The second kappa shape index (κ2) is 8.42. The third-order valence-corrected chi connectivity index (χ3v) is 4.51. The fraction of sp³-hybridized carbons (Fsp3) is 0.474. The number of hydrogen-bond acceptors (Lipinski definition) is 4. The molecule has 3 rings (SSSR count). The number of fused-ring (bicyclic) bond motifs is 1. The van der Waals surface area contributed by atoms with E-state index in [2.05, 4.69) is 15.3 Å². The minimum atomic E-state index is -0.164. The predicted molar refractivity (Wildman–Crippen MR) is 95.8 cm³/mol. The molecule has 1 aliphatic heterocycles. The monoisotopic (exact) mass is 360 g/mol. The largest absolute Gasteiger partial charge is 0.375 e. The molecule has 0 unspecified atom stereocenters. The zero-order valence-electron chi connectivity index (χ0n) is 15.3. The number of benzene rings is 1. The first-order chi connectivity index (χ1) is 12.5. The minimum Gasteiger partial charge on any atom is -0.375 e. The Morgan fingerprint density at radius 1 is 1.35 bits per heavy atom. The first-order valence-electron chi connectivity index (χ1n) is 8.84. The van der Waals surface area contributed by atoms with Crippen LogP contribution in [-0.4, -0.2) is 40.8 Å². The molecule has 0 radical (unpaired) electrons. The fourth-order valence-corrected chi connectivity index (χ4v) is 3.24. The molecule has 0 saturated carbocycles. The highest BCUT2D eigenvalue weighted by Crippen LogP contribution is 2.17. The van der Waals surface area contributed by atoms with Gasteiger partial charge in [-0.1, -0.05) is 12.1 Å². The van der Waals surface area contributed by atoms with E-state index in [1.54, 1.807) is 6.92 Å². The third kappa shape index (κ3) is 4.68. The molecular formula is C19H25FN4O2. The van der Waals surface area contributed by atoms with Crippen LogP contribution in [0.15, 0.2) is 24.3 Å². The average Bonchev–Trinajstić information content (AvgIpc) is 2.89. The summed E-state index contributed by atoms with van der Waals surface area (Å²) in [5.74, 6) is -0.313. The van der Waals surface area contributed by atoms with Crippen LogP contribution in [-0.2, 0) is 35.7 Å². The molecule has 0 saturated heterocycles. The van der Waals surface area contributed by atoms with E-state index in [0.717, 1.165) is 49.6 Å². The summed E-state index contributed by atoms with van der Waals surface area (Å²) in [5.41, 5.74) is 3.78. The number of rotatable bonds is 6. The van der Waals surface area contributed by atoms with Crippen LogP contribution in [0.1, 0.15) is 28.9 Å². The van der Waals surface area contributed by atoms with Gasteiger partial charge in [0.05, 0.1) is 17.9 Å². The lowest BCUT2D eigenvalue weighted by Gasteiger charge is -2.19. The number of carbonyl (C=O) groups excluding carboxylic acids is 1. The van der Waals surface area contributed by atoms with Crippen molar-refractivity contribution in [2.45, 2.75) is 39.5 Å². The zero-order valence-corrected chi connectivity index (χ0v) is 15.3. The van der Waals surface area contributed by atoms with Crippen LogP contribution < -0.4 is 5.32 Å². The van der Waals surface area contributed by atoms with Gasteiger partial charge in [0.25, 0.3) is 0 Å². The zero-order chi connectivity index (χ0) is 18.5. The first-order valence-corrected chi connectivity index (χ1v) is 8.84. The van der Waals surface area contributed by atoms with E-state index < -0.39 is 0 Å². The first kappa shape index (κ1) is 18.5. The smallest absolute Gasteiger partial charge is 0.246 e. The van der Waals surface area contributed by atoms with Crippen molar-refractivity contribution in [2.24, 2.45) is 0 Å². The number of hydrogen-bond donors (Lipinski definition) is 1. The minimum absolute atomic E-state index is 0.0540. The highest BCUT2D eigenvalue weighted by molar-refractivity contribution is 5.77. The summed E-state index contributed by atoms with van der Waals surface area (Å²) in [4.78, 5) is 13.9. The molecule has 1 aromatic carbocycles. The molecule has 0 atom stereocenters. The van der Waals surface area contributed by atoms with Crippen LogP contribution >= 0.6 is 0 Å².